The summed E-state index contributed by atoms with van der Waals surface area (Å²) in [6.45, 7) is -1.72. The Bertz CT molecular complexity index is 1390. The number of carbonyl (C=O) groups is 1. The lowest BCUT2D eigenvalue weighted by Crippen LogP contribution is -2.61. The number of hydrogen-bond acceptors (Lipinski definition) is 5. The van der Waals surface area contributed by atoms with Gasteiger partial charge in [-0.2, -0.15) is 22.0 Å². The summed E-state index contributed by atoms with van der Waals surface area (Å²) < 4.78 is 115. The molecule has 44 heavy (non-hydrogen) atoms. The minimum Gasteiger partial charge on any atom is -0.426 e. The summed E-state index contributed by atoms with van der Waals surface area (Å²) in [6.07, 6.45) is -15.5. The van der Waals surface area contributed by atoms with Crippen molar-refractivity contribution >= 4 is 6.03 Å². The lowest BCUT2D eigenvalue weighted by Gasteiger charge is -2.38. The average molecular weight is 637 g/mol. The molecule has 0 saturated carbocycles. The maximum Gasteiger partial charge on any atom is 0.499 e. The van der Waals surface area contributed by atoms with Gasteiger partial charge in [-0.3, -0.25) is 0 Å². The fourth-order valence-corrected chi connectivity index (χ4v) is 4.48. The first kappa shape index (κ1) is 34.5. The summed E-state index contributed by atoms with van der Waals surface area (Å²) in [5.74, 6) is -6.45. The average Bonchev–Trinajstić information content (AvgIpc) is 2.95. The first-order valence-corrected chi connectivity index (χ1v) is 13.0. The first-order chi connectivity index (χ1) is 20.5. The van der Waals surface area contributed by atoms with Crippen molar-refractivity contribution in [3.05, 3.63) is 101 Å². The predicted octanol–water partition coefficient (Wildman–Crippen LogP) is 5.08. The van der Waals surface area contributed by atoms with Crippen LogP contribution >= 0.6 is 0 Å². The van der Waals surface area contributed by atoms with Crippen LogP contribution in [0.3, 0.4) is 0 Å². The van der Waals surface area contributed by atoms with E-state index in [4.69, 9.17) is 5.11 Å². The van der Waals surface area contributed by atoms with Gasteiger partial charge in [0.25, 0.3) is 0 Å². The topological polar surface area (TPSA) is 111 Å². The van der Waals surface area contributed by atoms with Crippen LogP contribution in [-0.4, -0.2) is 58.7 Å². The molecule has 2 amide bonds. The van der Waals surface area contributed by atoms with E-state index in [1.807, 2.05) is 5.32 Å². The van der Waals surface area contributed by atoms with Crippen molar-refractivity contribution in [3.8, 4) is 5.75 Å². The molecule has 0 spiro atoms. The molecule has 3 rings (SSSR count). The Balaban J connectivity index is 2.24. The molecule has 3 aromatic carbocycles. The van der Waals surface area contributed by atoms with Crippen molar-refractivity contribution in [1.82, 2.24) is 10.6 Å². The van der Waals surface area contributed by atoms with Gasteiger partial charge in [0.05, 0.1) is 12.1 Å². The third-order valence-corrected chi connectivity index (χ3v) is 6.64. The van der Waals surface area contributed by atoms with Crippen LogP contribution < -0.4 is 15.4 Å². The van der Waals surface area contributed by atoms with E-state index in [9.17, 15) is 45.7 Å². The zero-order valence-electron chi connectivity index (χ0n) is 22.7. The Hall–Kier alpha value is -3.95. The van der Waals surface area contributed by atoms with Crippen LogP contribution in [0.25, 0.3) is 0 Å². The van der Waals surface area contributed by atoms with Gasteiger partial charge in [0, 0.05) is 25.5 Å². The van der Waals surface area contributed by atoms with Crippen molar-refractivity contribution < 1.29 is 60.0 Å². The maximum absolute atomic E-state index is 15.7. The highest BCUT2D eigenvalue weighted by Gasteiger charge is 2.61. The highest BCUT2D eigenvalue weighted by atomic mass is 19.4. The van der Waals surface area contributed by atoms with Gasteiger partial charge in [-0.25, -0.2) is 18.0 Å². The fraction of sp³-hybridized carbons (Fsp3) is 0.345. The molecule has 0 aromatic heterocycles. The number of aliphatic hydroxyl groups excluding tert-OH is 3. The second-order valence-electron chi connectivity index (χ2n) is 9.83. The van der Waals surface area contributed by atoms with E-state index >= 15 is 4.39 Å². The van der Waals surface area contributed by atoms with Gasteiger partial charge in [-0.1, -0.05) is 42.5 Å². The number of nitrogens with one attached hydrogen (secondary N) is 2. The van der Waals surface area contributed by atoms with E-state index in [-0.39, 0.29) is 24.5 Å². The van der Waals surface area contributed by atoms with Crippen molar-refractivity contribution in [2.45, 2.75) is 49.0 Å². The Morgan fingerprint density at radius 2 is 1.45 bits per heavy atom. The summed E-state index contributed by atoms with van der Waals surface area (Å²) in [4.78, 5) is 13.4. The van der Waals surface area contributed by atoms with Crippen molar-refractivity contribution in [2.24, 2.45) is 0 Å². The molecule has 0 aliphatic heterocycles. The van der Waals surface area contributed by atoms with Gasteiger partial charge in [-0.15, -0.1) is 0 Å². The number of halogens is 8. The second kappa shape index (κ2) is 13.8. The SMILES string of the molecule is O=C(N[C@](Cc1ccccc1)(c1ccc(F)cc1)c1cc(F)cc(OC(F)(F)C(F)(F)F)c1)N[C@@](F)(CCCO)[C@@H](O)CO. The van der Waals surface area contributed by atoms with E-state index < -0.39 is 78.3 Å². The molecule has 5 N–H and O–H groups in total. The summed E-state index contributed by atoms with van der Waals surface area (Å²) in [5, 5.41) is 32.8. The highest BCUT2D eigenvalue weighted by Crippen LogP contribution is 2.40. The van der Waals surface area contributed by atoms with Crippen LogP contribution in [0, 0.1) is 11.6 Å². The molecule has 240 valence electrons. The predicted molar refractivity (Wildman–Crippen MR) is 140 cm³/mol. The molecule has 0 radical (unpaired) electrons. The monoisotopic (exact) mass is 636 g/mol. The normalized spacial score (nSPS) is 15.5. The van der Waals surface area contributed by atoms with Crippen LogP contribution in [0.15, 0.2) is 72.8 Å². The van der Waals surface area contributed by atoms with Crippen LogP contribution in [0.4, 0.5) is 39.9 Å². The fourth-order valence-electron chi connectivity index (χ4n) is 4.48. The standard InChI is InChI=1S/C29H28F8N2O5/c30-21-9-7-19(8-10-21)26(16-18-5-2-1-3-6-18,38-25(43)39-27(32,11-4-12-40)24(42)17-41)20-13-22(31)15-23(14-20)44-29(36,37)28(33,34)35/h1-3,5-10,13-15,24,40-42H,4,11-12,16-17H2,(H2,38,39,43)/t24-,26+,27-/m0/s1. The lowest BCUT2D eigenvalue weighted by atomic mass is 9.77. The molecule has 3 aromatic rings. The van der Waals surface area contributed by atoms with Crippen LogP contribution in [0.5, 0.6) is 5.75 Å². The quantitative estimate of drug-likeness (QED) is 0.133. The molecule has 0 bridgehead atoms. The Labute approximate surface area is 246 Å². The third-order valence-electron chi connectivity index (χ3n) is 6.64. The first-order valence-electron chi connectivity index (χ1n) is 13.0. The van der Waals surface area contributed by atoms with E-state index in [1.54, 1.807) is 18.2 Å². The number of alkyl halides is 6. The Morgan fingerprint density at radius 1 is 0.818 bits per heavy atom. The maximum atomic E-state index is 15.7. The summed E-state index contributed by atoms with van der Waals surface area (Å²) in [5.41, 5.74) is -2.29. The van der Waals surface area contributed by atoms with Crippen LogP contribution in [-0.2, 0) is 12.0 Å². The number of hydrogen-bond donors (Lipinski definition) is 5. The molecule has 0 aliphatic carbocycles. The minimum atomic E-state index is -6.18. The molecule has 0 saturated heterocycles. The van der Waals surface area contributed by atoms with Crippen molar-refractivity contribution in [3.63, 3.8) is 0 Å². The zero-order valence-corrected chi connectivity index (χ0v) is 22.7. The van der Waals surface area contributed by atoms with Gasteiger partial charge in [0.2, 0.25) is 5.79 Å². The molecule has 0 heterocycles. The Morgan fingerprint density at radius 3 is 2.02 bits per heavy atom. The van der Waals surface area contributed by atoms with Gasteiger partial charge >= 0.3 is 18.3 Å². The molecule has 0 aliphatic rings. The molecule has 0 unspecified atom stereocenters. The van der Waals surface area contributed by atoms with Crippen LogP contribution in [0.2, 0.25) is 0 Å². The van der Waals surface area contributed by atoms with E-state index in [0.29, 0.717) is 17.7 Å². The van der Waals surface area contributed by atoms with E-state index in [2.05, 4.69) is 10.1 Å². The van der Waals surface area contributed by atoms with Gasteiger partial charge in [0.15, 0.2) is 0 Å². The van der Waals surface area contributed by atoms with Crippen molar-refractivity contribution in [2.75, 3.05) is 13.2 Å². The van der Waals surface area contributed by atoms with E-state index in [0.717, 1.165) is 24.3 Å². The number of benzene rings is 3. The smallest absolute Gasteiger partial charge is 0.426 e. The number of rotatable bonds is 13. The van der Waals surface area contributed by atoms with Gasteiger partial charge < -0.3 is 30.7 Å². The zero-order chi connectivity index (χ0) is 32.8. The van der Waals surface area contributed by atoms with E-state index in [1.165, 1.54) is 12.1 Å². The van der Waals surface area contributed by atoms with Crippen molar-refractivity contribution in [1.29, 1.82) is 0 Å². The molecule has 3 atom stereocenters. The van der Waals surface area contributed by atoms with Gasteiger partial charge in [-0.05, 0) is 47.4 Å². The lowest BCUT2D eigenvalue weighted by molar-refractivity contribution is -0.360. The minimum absolute atomic E-state index is 0.0560. The number of urea groups is 1. The summed E-state index contributed by atoms with van der Waals surface area (Å²) in [6, 6.07) is 12.0. The third kappa shape index (κ3) is 8.15. The largest absolute Gasteiger partial charge is 0.499 e. The molecule has 7 nitrogen and oxygen atoms in total. The number of carbonyl (C=O) groups excluding carboxylic acids is 1. The number of amides is 2. The molecule has 0 fully saturated rings. The molecule has 15 heteroatoms. The summed E-state index contributed by atoms with van der Waals surface area (Å²) in [7, 11) is 0. The second-order valence-corrected chi connectivity index (χ2v) is 9.83. The molecular weight excluding hydrogens is 608 g/mol. The Kier molecular flexibility index (Phi) is 10.8. The highest BCUT2D eigenvalue weighted by molar-refractivity contribution is 5.77. The molecular formula is C29H28F8N2O5. The van der Waals surface area contributed by atoms with Gasteiger partial charge in [0.1, 0.15) is 23.5 Å². The van der Waals surface area contributed by atoms with Crippen LogP contribution in [0.1, 0.15) is 29.5 Å². The number of aliphatic hydroxyl groups is 3. The summed E-state index contributed by atoms with van der Waals surface area (Å²) >= 11 is 0. The number of ether oxygens (including phenoxy) is 1.